The van der Waals surface area contributed by atoms with Gasteiger partial charge in [0.25, 0.3) is 0 Å². The molecule has 0 spiro atoms. The molecular weight excluding hydrogens is 120 g/mol. The lowest BCUT2D eigenvalue weighted by atomic mass is 10.1. The Hall–Kier alpha value is -1.04. The standard InChI is InChI=1S/C10H12/c1-3-4-10-7-5-9(2)6-8-10/h3-8H,1-2H3/b4-3+/i3D,4D. The summed E-state index contributed by atoms with van der Waals surface area (Å²) in [6, 6.07) is 8.25. The van der Waals surface area contributed by atoms with E-state index < -0.39 is 0 Å². The molecule has 0 aliphatic rings. The number of hydrogen-bond acceptors (Lipinski definition) is 0. The molecule has 0 saturated heterocycles. The van der Waals surface area contributed by atoms with Crippen molar-refractivity contribution in [3.63, 3.8) is 0 Å². The van der Waals surface area contributed by atoms with E-state index in [0.717, 1.165) is 5.56 Å². The van der Waals surface area contributed by atoms with E-state index in [2.05, 4.69) is 0 Å². The summed E-state index contributed by atoms with van der Waals surface area (Å²) in [5, 5.41) is 0. The van der Waals surface area contributed by atoms with E-state index in [1.165, 1.54) is 5.56 Å². The largest absolute Gasteiger partial charge is 0.0871 e. The van der Waals surface area contributed by atoms with Crippen molar-refractivity contribution in [3.8, 4) is 0 Å². The molecule has 0 unspecified atom stereocenters. The van der Waals surface area contributed by atoms with Crippen LogP contribution in [0.5, 0.6) is 0 Å². The fourth-order valence-corrected chi connectivity index (χ4v) is 0.781. The molecule has 0 aromatic heterocycles. The van der Waals surface area contributed by atoms with Crippen molar-refractivity contribution in [1.29, 1.82) is 0 Å². The number of hydrogen-bond donors (Lipinski definition) is 0. The number of aryl methyl sites for hydroxylation is 1. The van der Waals surface area contributed by atoms with Crippen molar-refractivity contribution in [3.05, 3.63) is 41.4 Å². The highest BCUT2D eigenvalue weighted by molar-refractivity contribution is 5.48. The van der Waals surface area contributed by atoms with E-state index in [4.69, 9.17) is 2.74 Å². The zero-order chi connectivity index (χ0) is 9.14. The SMILES string of the molecule is [2H]/C(C)=C(/[2H])c1ccc(C)cc1. The van der Waals surface area contributed by atoms with Gasteiger partial charge in [0.1, 0.15) is 0 Å². The number of rotatable bonds is 1. The number of allylic oxidation sites excluding steroid dienone is 1. The second-order valence-corrected chi connectivity index (χ2v) is 2.24. The summed E-state index contributed by atoms with van der Waals surface area (Å²) in [7, 11) is 0. The normalized spacial score (nSPS) is 15.4. The van der Waals surface area contributed by atoms with Crippen LogP contribution in [0.25, 0.3) is 6.05 Å². The third kappa shape index (κ3) is 1.73. The molecule has 0 amide bonds. The van der Waals surface area contributed by atoms with Gasteiger partial charge in [-0.25, -0.2) is 0 Å². The summed E-state index contributed by atoms with van der Waals surface area (Å²) in [4.78, 5) is 0. The van der Waals surface area contributed by atoms with Crippen LogP contribution in [0.15, 0.2) is 30.3 Å². The molecule has 0 N–H and O–H groups in total. The van der Waals surface area contributed by atoms with Crippen molar-refractivity contribution in [2.75, 3.05) is 0 Å². The van der Waals surface area contributed by atoms with Gasteiger partial charge in [-0.05, 0) is 19.4 Å². The molecular formula is C10H12. The van der Waals surface area contributed by atoms with Crippen LogP contribution in [0, 0.1) is 6.92 Å². The van der Waals surface area contributed by atoms with Crippen LogP contribution < -0.4 is 0 Å². The average Bonchev–Trinajstić information content (AvgIpc) is 2.04. The summed E-state index contributed by atoms with van der Waals surface area (Å²) in [5.41, 5.74) is 1.99. The summed E-state index contributed by atoms with van der Waals surface area (Å²) in [5.74, 6) is 0. The molecule has 0 radical (unpaired) electrons. The van der Waals surface area contributed by atoms with Gasteiger partial charge in [-0.3, -0.25) is 0 Å². The molecule has 0 saturated carbocycles. The fraction of sp³-hybridized carbons (Fsp3) is 0.200. The van der Waals surface area contributed by atoms with Gasteiger partial charge in [0.2, 0.25) is 0 Å². The first kappa shape index (κ1) is 4.73. The first-order chi connectivity index (χ1) is 5.61. The van der Waals surface area contributed by atoms with Gasteiger partial charge in [0.05, 0.1) is 2.74 Å². The topological polar surface area (TPSA) is 0 Å². The first-order valence-corrected chi connectivity index (χ1v) is 3.32. The van der Waals surface area contributed by atoms with Crippen LogP contribution in [-0.4, -0.2) is 0 Å². The molecule has 0 fully saturated rings. The Bertz CT molecular complexity index is 292. The maximum absolute atomic E-state index is 7.53. The van der Waals surface area contributed by atoms with E-state index in [-0.39, 0.29) is 0 Å². The first-order valence-electron chi connectivity index (χ1n) is 4.32. The van der Waals surface area contributed by atoms with Gasteiger partial charge in [-0.2, -0.15) is 0 Å². The third-order valence-corrected chi connectivity index (χ3v) is 1.32. The lowest BCUT2D eigenvalue weighted by Crippen LogP contribution is -1.71. The van der Waals surface area contributed by atoms with Crippen molar-refractivity contribution in [1.82, 2.24) is 0 Å². The van der Waals surface area contributed by atoms with Gasteiger partial charge in [-0.15, -0.1) is 0 Å². The molecule has 0 aliphatic heterocycles. The van der Waals surface area contributed by atoms with Crippen molar-refractivity contribution >= 4 is 6.05 Å². The molecule has 0 heterocycles. The number of benzene rings is 1. The summed E-state index contributed by atoms with van der Waals surface area (Å²) in [6.45, 7) is 3.63. The Morgan fingerprint density at radius 2 is 1.90 bits per heavy atom. The Kier molecular flexibility index (Phi) is 1.52. The highest BCUT2D eigenvalue weighted by Crippen LogP contribution is 2.04. The van der Waals surface area contributed by atoms with Gasteiger partial charge >= 0.3 is 0 Å². The second-order valence-electron chi connectivity index (χ2n) is 2.24. The van der Waals surface area contributed by atoms with E-state index in [1.807, 2.05) is 31.2 Å². The molecule has 0 bridgehead atoms. The minimum Gasteiger partial charge on any atom is -0.0871 e. The Labute approximate surface area is 65.0 Å². The van der Waals surface area contributed by atoms with Crippen molar-refractivity contribution in [2.24, 2.45) is 0 Å². The van der Waals surface area contributed by atoms with E-state index in [1.54, 1.807) is 6.92 Å². The molecule has 52 valence electrons. The highest BCUT2D eigenvalue weighted by atomic mass is 13.9. The average molecular weight is 134 g/mol. The molecule has 1 aromatic rings. The van der Waals surface area contributed by atoms with Crippen molar-refractivity contribution in [2.45, 2.75) is 13.8 Å². The molecule has 1 rings (SSSR count). The van der Waals surface area contributed by atoms with Crippen LogP contribution in [0.2, 0.25) is 0 Å². The Morgan fingerprint density at radius 3 is 2.40 bits per heavy atom. The minimum absolute atomic E-state index is 0.301. The smallest absolute Gasteiger partial charge is 0.0626 e. The maximum Gasteiger partial charge on any atom is 0.0626 e. The maximum atomic E-state index is 7.53. The van der Waals surface area contributed by atoms with E-state index in [9.17, 15) is 0 Å². The molecule has 0 nitrogen and oxygen atoms in total. The quantitative estimate of drug-likeness (QED) is 0.553. The molecule has 0 atom stereocenters. The van der Waals surface area contributed by atoms with Crippen molar-refractivity contribution < 1.29 is 2.74 Å². The molecule has 0 heteroatoms. The zero-order valence-electron chi connectivity index (χ0n) is 8.31. The van der Waals surface area contributed by atoms with Crippen LogP contribution in [-0.2, 0) is 0 Å². The Morgan fingerprint density at radius 1 is 1.30 bits per heavy atom. The highest BCUT2D eigenvalue weighted by Gasteiger charge is 1.83. The Balaban J connectivity index is 3.06. The lowest BCUT2D eigenvalue weighted by molar-refractivity contribution is 1.46. The fourth-order valence-electron chi connectivity index (χ4n) is 0.781. The predicted molar refractivity (Wildman–Crippen MR) is 45.9 cm³/mol. The molecule has 0 aliphatic carbocycles. The second kappa shape index (κ2) is 3.21. The van der Waals surface area contributed by atoms with Crippen LogP contribution in [0.4, 0.5) is 0 Å². The summed E-state index contributed by atoms with van der Waals surface area (Å²) in [6.07, 6.45) is 0. The van der Waals surface area contributed by atoms with E-state index >= 15 is 0 Å². The van der Waals surface area contributed by atoms with Crippen LogP contribution >= 0.6 is 0 Å². The van der Waals surface area contributed by atoms with E-state index in [0.29, 0.717) is 12.1 Å². The molecule has 10 heavy (non-hydrogen) atoms. The van der Waals surface area contributed by atoms with Gasteiger partial charge in [0, 0.05) is 0 Å². The van der Waals surface area contributed by atoms with Crippen LogP contribution in [0.1, 0.15) is 20.8 Å². The zero-order valence-corrected chi connectivity index (χ0v) is 6.31. The monoisotopic (exact) mass is 134 g/mol. The summed E-state index contributed by atoms with van der Waals surface area (Å²) >= 11 is 0. The minimum atomic E-state index is 0.301. The lowest BCUT2D eigenvalue weighted by Gasteiger charge is -1.92. The van der Waals surface area contributed by atoms with Gasteiger partial charge in [-0.1, -0.05) is 41.9 Å². The predicted octanol–water partition coefficient (Wildman–Crippen LogP) is 3.03. The summed E-state index contributed by atoms with van der Waals surface area (Å²) < 4.78 is 14.8. The van der Waals surface area contributed by atoms with Gasteiger partial charge < -0.3 is 0 Å². The molecule has 1 aromatic carbocycles. The van der Waals surface area contributed by atoms with Gasteiger partial charge in [0.15, 0.2) is 0 Å². The third-order valence-electron chi connectivity index (χ3n) is 1.32. The van der Waals surface area contributed by atoms with Crippen LogP contribution in [0.3, 0.4) is 0 Å².